The first-order chi connectivity index (χ1) is 5.67. The van der Waals surface area contributed by atoms with Gasteiger partial charge in [-0.25, -0.2) is 0 Å². The molecule has 0 fully saturated rings. The third-order valence-electron chi connectivity index (χ3n) is 2.52. The lowest BCUT2D eigenvalue weighted by molar-refractivity contribution is -0.678. The van der Waals surface area contributed by atoms with Crippen LogP contribution in [0.2, 0.25) is 0 Å². The average molecular weight is 171 g/mol. The first kappa shape index (κ1) is 11.6. The van der Waals surface area contributed by atoms with Crippen LogP contribution in [0.4, 0.5) is 0 Å². The average Bonchev–Trinajstić information content (AvgIpc) is 2.07. The monoisotopic (exact) mass is 171 g/mol. The summed E-state index contributed by atoms with van der Waals surface area (Å²) in [6.45, 7) is 8.65. The van der Waals surface area contributed by atoms with Gasteiger partial charge in [0.2, 0.25) is 0 Å². The maximum absolute atomic E-state index is 7.87. The molecule has 0 spiro atoms. The Balaban J connectivity index is 3.97. The summed E-state index contributed by atoms with van der Waals surface area (Å²) >= 11 is 0. The molecule has 0 saturated carbocycles. The second-order valence-electron chi connectivity index (χ2n) is 3.52. The molecule has 2 heteroatoms. The van der Waals surface area contributed by atoms with E-state index in [1.165, 1.54) is 6.42 Å². The molecular formula is C10H23N2+. The molecule has 72 valence electrons. The minimum absolute atomic E-state index is 0.417. The Labute approximate surface area is 76.5 Å². The second kappa shape index (κ2) is 6.15. The zero-order chi connectivity index (χ0) is 9.56. The SMILES string of the molecule is CCCC(C)[N+](=N)C(CC)CC. The Morgan fingerprint density at radius 2 is 1.67 bits per heavy atom. The number of hydrogen-bond donors (Lipinski definition) is 1. The fourth-order valence-electron chi connectivity index (χ4n) is 1.60. The highest BCUT2D eigenvalue weighted by atomic mass is 15.2. The van der Waals surface area contributed by atoms with Crippen LogP contribution in [0.1, 0.15) is 53.4 Å². The van der Waals surface area contributed by atoms with E-state index in [1.807, 2.05) is 0 Å². The van der Waals surface area contributed by atoms with E-state index < -0.39 is 0 Å². The maximum atomic E-state index is 7.87. The van der Waals surface area contributed by atoms with Gasteiger partial charge in [-0.3, -0.25) is 0 Å². The third kappa shape index (κ3) is 3.33. The van der Waals surface area contributed by atoms with E-state index in [0.717, 1.165) is 19.3 Å². The Morgan fingerprint density at radius 1 is 1.17 bits per heavy atom. The largest absolute Gasteiger partial charge is 0.177 e. The van der Waals surface area contributed by atoms with Gasteiger partial charge in [-0.2, -0.15) is 0 Å². The maximum Gasteiger partial charge on any atom is 0.177 e. The normalized spacial score (nSPS) is 13.4. The van der Waals surface area contributed by atoms with Gasteiger partial charge in [0.05, 0.1) is 0 Å². The molecule has 0 aliphatic heterocycles. The van der Waals surface area contributed by atoms with Crippen LogP contribution in [0.3, 0.4) is 0 Å². The van der Waals surface area contributed by atoms with Gasteiger partial charge in [-0.15, -0.1) is 4.70 Å². The summed E-state index contributed by atoms with van der Waals surface area (Å²) in [7, 11) is 0. The molecule has 2 nitrogen and oxygen atoms in total. The van der Waals surface area contributed by atoms with E-state index in [-0.39, 0.29) is 0 Å². The van der Waals surface area contributed by atoms with E-state index in [2.05, 4.69) is 27.7 Å². The van der Waals surface area contributed by atoms with Crippen LogP contribution in [0.5, 0.6) is 0 Å². The lowest BCUT2D eigenvalue weighted by atomic mass is 10.1. The number of nitrogens with one attached hydrogen (secondary N) is 1. The highest BCUT2D eigenvalue weighted by molar-refractivity contribution is 4.52. The molecule has 0 rings (SSSR count). The third-order valence-corrected chi connectivity index (χ3v) is 2.52. The van der Waals surface area contributed by atoms with Gasteiger partial charge in [-0.1, -0.05) is 26.3 Å². The predicted molar refractivity (Wildman–Crippen MR) is 51.7 cm³/mol. The first-order valence-electron chi connectivity index (χ1n) is 5.16. The van der Waals surface area contributed by atoms with Crippen molar-refractivity contribution in [2.45, 2.75) is 65.5 Å². The molecule has 0 aliphatic rings. The van der Waals surface area contributed by atoms with Gasteiger partial charge in [0.15, 0.2) is 12.1 Å². The summed E-state index contributed by atoms with van der Waals surface area (Å²) in [5.41, 5.74) is 7.87. The molecule has 0 bridgehead atoms. The van der Waals surface area contributed by atoms with Gasteiger partial charge in [0.1, 0.15) is 0 Å². The molecule has 0 aliphatic carbocycles. The van der Waals surface area contributed by atoms with Crippen LogP contribution in [0.15, 0.2) is 0 Å². The molecule has 0 aromatic carbocycles. The van der Waals surface area contributed by atoms with Crippen molar-refractivity contribution in [3.8, 4) is 0 Å². The fourth-order valence-corrected chi connectivity index (χ4v) is 1.60. The Hall–Kier alpha value is -0.400. The van der Waals surface area contributed by atoms with E-state index in [1.54, 1.807) is 4.70 Å². The van der Waals surface area contributed by atoms with Crippen molar-refractivity contribution < 1.29 is 4.70 Å². The van der Waals surface area contributed by atoms with E-state index >= 15 is 0 Å². The standard InChI is InChI=1S/C10H23N2/c1-5-8-9(4)12(11)10(6-2)7-3/h9-11H,5-8H2,1-4H3/q+1. The Kier molecular flexibility index (Phi) is 5.95. The summed E-state index contributed by atoms with van der Waals surface area (Å²) in [4.78, 5) is 0. The van der Waals surface area contributed by atoms with Crippen molar-refractivity contribution in [2.75, 3.05) is 0 Å². The van der Waals surface area contributed by atoms with Gasteiger partial charge < -0.3 is 0 Å². The molecule has 1 N–H and O–H groups in total. The van der Waals surface area contributed by atoms with Gasteiger partial charge in [0, 0.05) is 19.3 Å². The number of nitrogens with zero attached hydrogens (tertiary/aromatic N) is 1. The summed E-state index contributed by atoms with van der Waals surface area (Å²) in [6.07, 6.45) is 4.50. The zero-order valence-corrected chi connectivity index (χ0v) is 8.93. The van der Waals surface area contributed by atoms with Gasteiger partial charge in [-0.05, 0) is 13.3 Å². The van der Waals surface area contributed by atoms with Crippen LogP contribution in [-0.2, 0) is 0 Å². The Bertz CT molecular complexity index is 128. The molecule has 0 saturated heterocycles. The quantitative estimate of drug-likeness (QED) is 0.468. The molecule has 12 heavy (non-hydrogen) atoms. The van der Waals surface area contributed by atoms with E-state index in [9.17, 15) is 0 Å². The molecule has 0 radical (unpaired) electrons. The summed E-state index contributed by atoms with van der Waals surface area (Å²) in [5.74, 6) is 0. The lowest BCUT2D eigenvalue weighted by Gasteiger charge is -2.13. The number of rotatable bonds is 6. The van der Waals surface area contributed by atoms with Crippen molar-refractivity contribution in [2.24, 2.45) is 0 Å². The molecule has 1 unspecified atom stereocenters. The van der Waals surface area contributed by atoms with Crippen LogP contribution >= 0.6 is 0 Å². The highest BCUT2D eigenvalue weighted by Crippen LogP contribution is 2.09. The minimum atomic E-state index is 0.417. The van der Waals surface area contributed by atoms with Crippen LogP contribution in [0, 0.1) is 5.53 Å². The zero-order valence-electron chi connectivity index (χ0n) is 8.93. The summed E-state index contributed by atoms with van der Waals surface area (Å²) in [6, 6.07) is 0.867. The van der Waals surface area contributed by atoms with Crippen LogP contribution in [0.25, 0.3) is 0 Å². The Morgan fingerprint density at radius 3 is 2.00 bits per heavy atom. The van der Waals surface area contributed by atoms with Crippen molar-refractivity contribution in [1.82, 2.24) is 0 Å². The van der Waals surface area contributed by atoms with Gasteiger partial charge >= 0.3 is 0 Å². The molecule has 0 aromatic rings. The predicted octanol–water partition coefficient (Wildman–Crippen LogP) is 3.41. The van der Waals surface area contributed by atoms with Crippen molar-refractivity contribution >= 4 is 0 Å². The molecular weight excluding hydrogens is 148 g/mol. The smallest absolute Gasteiger partial charge is 0.125 e. The fraction of sp³-hybridized carbons (Fsp3) is 1.00. The van der Waals surface area contributed by atoms with Crippen LogP contribution < -0.4 is 0 Å². The minimum Gasteiger partial charge on any atom is -0.125 e. The first-order valence-corrected chi connectivity index (χ1v) is 5.16. The second-order valence-corrected chi connectivity index (χ2v) is 3.52. The van der Waals surface area contributed by atoms with Gasteiger partial charge in [0.25, 0.3) is 0 Å². The highest BCUT2D eigenvalue weighted by Gasteiger charge is 2.22. The van der Waals surface area contributed by atoms with Crippen LogP contribution in [-0.4, -0.2) is 16.8 Å². The lowest BCUT2D eigenvalue weighted by Crippen LogP contribution is -2.30. The molecule has 0 heterocycles. The van der Waals surface area contributed by atoms with Crippen molar-refractivity contribution in [3.05, 3.63) is 0 Å². The molecule has 0 aromatic heterocycles. The van der Waals surface area contributed by atoms with Crippen molar-refractivity contribution in [1.29, 1.82) is 5.53 Å². The topological polar surface area (TPSA) is 26.9 Å². The van der Waals surface area contributed by atoms with Crippen molar-refractivity contribution in [3.63, 3.8) is 0 Å². The number of hydrogen-bond acceptors (Lipinski definition) is 1. The van der Waals surface area contributed by atoms with E-state index in [0.29, 0.717) is 12.1 Å². The molecule has 0 amide bonds. The van der Waals surface area contributed by atoms with E-state index in [4.69, 9.17) is 5.53 Å². The summed E-state index contributed by atoms with van der Waals surface area (Å²) in [5, 5.41) is 0. The summed E-state index contributed by atoms with van der Waals surface area (Å²) < 4.78 is 1.78. The molecule has 1 atom stereocenters.